The van der Waals surface area contributed by atoms with Gasteiger partial charge in [0.1, 0.15) is 0 Å². The summed E-state index contributed by atoms with van der Waals surface area (Å²) in [4.78, 5) is 0. The Bertz CT molecular complexity index is 187. The maximum atomic E-state index is 11.0. The van der Waals surface area contributed by atoms with Crippen molar-refractivity contribution < 1.29 is 18.2 Å². The highest BCUT2D eigenvalue weighted by molar-refractivity contribution is 7.39. The van der Waals surface area contributed by atoms with Gasteiger partial charge in [0.15, 0.2) is 16.1 Å². The summed E-state index contributed by atoms with van der Waals surface area (Å²) in [6.45, 7) is 4.93. The zero-order valence-electron chi connectivity index (χ0n) is 10.3. The molecule has 0 saturated carbocycles. The first-order chi connectivity index (χ1) is 7.70. The lowest BCUT2D eigenvalue weighted by Crippen LogP contribution is -1.91. The Morgan fingerprint density at radius 2 is 1.12 bits per heavy atom. The van der Waals surface area contributed by atoms with Crippen LogP contribution in [0.25, 0.3) is 0 Å². The van der Waals surface area contributed by atoms with Gasteiger partial charge < -0.3 is 9.05 Å². The third kappa shape index (κ3) is 10.9. The summed E-state index contributed by atoms with van der Waals surface area (Å²) in [6, 6.07) is 0. The van der Waals surface area contributed by atoms with Crippen LogP contribution in [0.5, 0.6) is 0 Å². The van der Waals surface area contributed by atoms with E-state index in [0.29, 0.717) is 25.5 Å². The van der Waals surface area contributed by atoms with Crippen LogP contribution in [0.4, 0.5) is 0 Å². The smallest absolute Gasteiger partial charge is 0.191 e. The van der Waals surface area contributed by atoms with Crippen LogP contribution in [0.1, 0.15) is 39.5 Å². The number of hydrogen-bond acceptors (Lipinski definition) is 4. The number of rotatable bonds is 11. The third-order valence-electron chi connectivity index (χ3n) is 2.14. The molecule has 6 heteroatoms. The van der Waals surface area contributed by atoms with E-state index in [1.807, 2.05) is 13.8 Å². The SMILES string of the molecule is CC[PH](=O)OCCCCCCO[PH](=O)CC. The number of hydrogen-bond donors (Lipinski definition) is 0. The third-order valence-corrected chi connectivity index (χ3v) is 4.35. The van der Waals surface area contributed by atoms with E-state index in [2.05, 4.69) is 0 Å². The van der Waals surface area contributed by atoms with Crippen molar-refractivity contribution in [1.82, 2.24) is 0 Å². The minimum atomic E-state index is -1.75. The van der Waals surface area contributed by atoms with Crippen molar-refractivity contribution >= 4 is 16.1 Å². The van der Waals surface area contributed by atoms with E-state index in [4.69, 9.17) is 9.05 Å². The van der Waals surface area contributed by atoms with E-state index >= 15 is 0 Å². The van der Waals surface area contributed by atoms with Crippen LogP contribution >= 0.6 is 16.1 Å². The van der Waals surface area contributed by atoms with Crippen LogP contribution in [0.2, 0.25) is 0 Å². The lowest BCUT2D eigenvalue weighted by molar-refractivity contribution is 0.299. The van der Waals surface area contributed by atoms with Crippen LogP contribution in [-0.4, -0.2) is 25.5 Å². The quantitative estimate of drug-likeness (QED) is 0.425. The molecule has 0 aliphatic carbocycles. The molecule has 0 aliphatic heterocycles. The van der Waals surface area contributed by atoms with Crippen molar-refractivity contribution in [1.29, 1.82) is 0 Å². The van der Waals surface area contributed by atoms with Gasteiger partial charge in [-0.05, 0) is 12.8 Å². The number of unbranched alkanes of at least 4 members (excludes halogenated alkanes) is 3. The molecule has 2 atom stereocenters. The van der Waals surface area contributed by atoms with Gasteiger partial charge in [0, 0.05) is 12.3 Å². The predicted molar refractivity (Wildman–Crippen MR) is 69.5 cm³/mol. The fourth-order valence-electron chi connectivity index (χ4n) is 1.13. The molecule has 16 heavy (non-hydrogen) atoms. The highest BCUT2D eigenvalue weighted by Gasteiger charge is 1.97. The minimum absolute atomic E-state index is 0.595. The minimum Gasteiger partial charge on any atom is -0.330 e. The highest BCUT2D eigenvalue weighted by Crippen LogP contribution is 2.22. The average molecular weight is 270 g/mol. The van der Waals surface area contributed by atoms with Crippen molar-refractivity contribution in [2.24, 2.45) is 0 Å². The van der Waals surface area contributed by atoms with E-state index < -0.39 is 16.1 Å². The molecule has 0 bridgehead atoms. The van der Waals surface area contributed by atoms with Crippen LogP contribution in [0.15, 0.2) is 0 Å². The monoisotopic (exact) mass is 270 g/mol. The Morgan fingerprint density at radius 1 is 0.750 bits per heavy atom. The van der Waals surface area contributed by atoms with Gasteiger partial charge in [-0.1, -0.05) is 26.7 Å². The molecule has 0 saturated heterocycles. The van der Waals surface area contributed by atoms with Crippen molar-refractivity contribution in [3.63, 3.8) is 0 Å². The molecule has 0 heterocycles. The van der Waals surface area contributed by atoms with Crippen molar-refractivity contribution in [3.05, 3.63) is 0 Å². The van der Waals surface area contributed by atoms with Gasteiger partial charge in [-0.15, -0.1) is 0 Å². The predicted octanol–water partition coefficient (Wildman–Crippen LogP) is 3.57. The van der Waals surface area contributed by atoms with Crippen molar-refractivity contribution in [2.75, 3.05) is 25.5 Å². The summed E-state index contributed by atoms with van der Waals surface area (Å²) < 4.78 is 32.2. The summed E-state index contributed by atoms with van der Waals surface area (Å²) in [5.74, 6) is 0. The second kappa shape index (κ2) is 11.9. The molecule has 0 aliphatic rings. The van der Waals surface area contributed by atoms with Crippen LogP contribution < -0.4 is 0 Å². The van der Waals surface area contributed by atoms with E-state index in [1.54, 1.807) is 0 Å². The Kier molecular flexibility index (Phi) is 12.1. The topological polar surface area (TPSA) is 52.6 Å². The molecule has 0 aromatic carbocycles. The first-order valence-electron chi connectivity index (χ1n) is 6.02. The summed E-state index contributed by atoms with van der Waals surface area (Å²) in [5.41, 5.74) is 0. The van der Waals surface area contributed by atoms with Gasteiger partial charge in [0.2, 0.25) is 0 Å². The Morgan fingerprint density at radius 3 is 1.44 bits per heavy atom. The van der Waals surface area contributed by atoms with E-state index in [1.165, 1.54) is 0 Å². The molecule has 4 nitrogen and oxygen atoms in total. The fourth-order valence-corrected chi connectivity index (χ4v) is 2.29. The van der Waals surface area contributed by atoms with Gasteiger partial charge >= 0.3 is 0 Å². The van der Waals surface area contributed by atoms with Gasteiger partial charge in [-0.25, -0.2) is 0 Å². The molecular formula is C10H24O4P2. The lowest BCUT2D eigenvalue weighted by Gasteiger charge is -2.03. The zero-order valence-corrected chi connectivity index (χ0v) is 12.3. The van der Waals surface area contributed by atoms with E-state index in [0.717, 1.165) is 25.7 Å². The van der Waals surface area contributed by atoms with Crippen molar-refractivity contribution in [2.45, 2.75) is 39.5 Å². The maximum absolute atomic E-state index is 11.0. The Hall–Kier alpha value is 0.380. The van der Waals surface area contributed by atoms with Gasteiger partial charge in [0.05, 0.1) is 13.2 Å². The summed E-state index contributed by atoms with van der Waals surface area (Å²) >= 11 is 0. The first kappa shape index (κ1) is 16.4. The fraction of sp³-hybridized carbons (Fsp3) is 1.00. The highest BCUT2D eigenvalue weighted by atomic mass is 31.1. The summed E-state index contributed by atoms with van der Waals surface area (Å²) in [6.07, 6.45) is 5.25. The maximum Gasteiger partial charge on any atom is 0.191 e. The molecule has 98 valence electrons. The standard InChI is InChI=1S/C10H24O4P2/c1-3-15(11)13-9-7-5-6-8-10-14-16(12)4-2/h15-16H,3-10H2,1-2H3. The van der Waals surface area contributed by atoms with E-state index in [-0.39, 0.29) is 0 Å². The first-order valence-corrected chi connectivity index (χ1v) is 9.06. The molecule has 0 fully saturated rings. The molecule has 0 aromatic heterocycles. The molecular weight excluding hydrogens is 246 g/mol. The molecule has 2 unspecified atom stereocenters. The molecule has 0 aromatic rings. The van der Waals surface area contributed by atoms with E-state index in [9.17, 15) is 9.13 Å². The Labute approximate surface area is 99.8 Å². The van der Waals surface area contributed by atoms with Crippen LogP contribution in [0.3, 0.4) is 0 Å². The average Bonchev–Trinajstić information content (AvgIpc) is 2.31. The van der Waals surface area contributed by atoms with Gasteiger partial charge in [0.25, 0.3) is 0 Å². The summed E-state index contributed by atoms with van der Waals surface area (Å²) in [7, 11) is -3.50. The van der Waals surface area contributed by atoms with Crippen LogP contribution in [0, 0.1) is 0 Å². The summed E-state index contributed by atoms with van der Waals surface area (Å²) in [5, 5.41) is 0. The van der Waals surface area contributed by atoms with Gasteiger partial charge in [-0.3, -0.25) is 9.13 Å². The second-order valence-corrected chi connectivity index (χ2v) is 7.04. The van der Waals surface area contributed by atoms with Gasteiger partial charge in [-0.2, -0.15) is 0 Å². The molecule has 0 rings (SSSR count). The lowest BCUT2D eigenvalue weighted by atomic mass is 10.2. The molecule has 0 radical (unpaired) electrons. The Balaban J connectivity index is 3.10. The normalized spacial score (nSPS) is 14.9. The second-order valence-electron chi connectivity index (χ2n) is 3.56. The van der Waals surface area contributed by atoms with Crippen molar-refractivity contribution in [3.8, 4) is 0 Å². The molecule has 0 spiro atoms. The molecule has 0 amide bonds. The van der Waals surface area contributed by atoms with Crippen LogP contribution in [-0.2, 0) is 18.2 Å². The largest absolute Gasteiger partial charge is 0.330 e. The zero-order chi connectivity index (χ0) is 12.2. The molecule has 0 N–H and O–H groups in total.